The van der Waals surface area contributed by atoms with Gasteiger partial charge in [0.05, 0.1) is 0 Å². The molecule has 0 amide bonds. The number of rotatable bonds is 9. The summed E-state index contributed by atoms with van der Waals surface area (Å²) >= 11 is 0. The molecule has 1 aromatic rings. The molecule has 7 atom stereocenters. The number of allylic oxidation sites excluding steroid dienone is 3. The van der Waals surface area contributed by atoms with Crippen LogP contribution in [0.3, 0.4) is 0 Å². The first-order valence-electron chi connectivity index (χ1n) is 15.7. The topological polar surface area (TPSA) is 20.2 Å². The summed E-state index contributed by atoms with van der Waals surface area (Å²) in [6.45, 7) is 15.3. The van der Waals surface area contributed by atoms with Crippen molar-refractivity contribution in [2.75, 3.05) is 0 Å². The number of unbranched alkanes of at least 4 members (excludes halogenated alkanes) is 1. The predicted octanol–water partition coefficient (Wildman–Crippen LogP) is 10.8. The second kappa shape index (κ2) is 10.8. The minimum absolute atomic E-state index is 0.178. The van der Waals surface area contributed by atoms with Gasteiger partial charge >= 0.3 is 0 Å². The first-order chi connectivity index (χ1) is 17.9. The largest absolute Gasteiger partial charge is 0.508 e. The molecule has 1 nitrogen and oxygen atoms in total. The molecular formula is C36H52O. The molecular weight excluding hydrogens is 448 g/mol. The molecule has 1 N–H and O–H groups in total. The molecule has 4 aliphatic carbocycles. The van der Waals surface area contributed by atoms with Crippen molar-refractivity contribution in [3.8, 4) is 0 Å². The van der Waals surface area contributed by atoms with Crippen LogP contribution >= 0.6 is 0 Å². The van der Waals surface area contributed by atoms with Crippen LogP contribution in [0.2, 0.25) is 0 Å². The smallest absolute Gasteiger partial charge is 0.115 e. The summed E-state index contributed by atoms with van der Waals surface area (Å²) in [7, 11) is 0. The number of fused-ring (bicyclic) bond motifs is 4. The maximum absolute atomic E-state index is 9.97. The molecule has 202 valence electrons. The molecule has 5 rings (SSSR count). The van der Waals surface area contributed by atoms with Crippen molar-refractivity contribution in [3.63, 3.8) is 0 Å². The lowest BCUT2D eigenvalue weighted by molar-refractivity contribution is 0.0464. The van der Waals surface area contributed by atoms with Gasteiger partial charge in [-0.25, -0.2) is 0 Å². The Hall–Kier alpha value is -1.76. The Morgan fingerprint density at radius 3 is 2.54 bits per heavy atom. The van der Waals surface area contributed by atoms with Gasteiger partial charge in [0, 0.05) is 11.5 Å². The van der Waals surface area contributed by atoms with Crippen LogP contribution in [0.4, 0.5) is 0 Å². The molecule has 0 bridgehead atoms. The zero-order valence-electron chi connectivity index (χ0n) is 24.0. The van der Waals surface area contributed by atoms with Crippen LogP contribution in [0.1, 0.15) is 128 Å². The summed E-state index contributed by atoms with van der Waals surface area (Å²) in [6.07, 6.45) is 21.2. The van der Waals surface area contributed by atoms with E-state index < -0.39 is 0 Å². The molecule has 4 aliphatic rings. The fourth-order valence-corrected chi connectivity index (χ4v) is 10.00. The minimum atomic E-state index is 0.178. The van der Waals surface area contributed by atoms with E-state index in [2.05, 4.69) is 64.3 Å². The van der Waals surface area contributed by atoms with Crippen molar-refractivity contribution in [2.24, 2.45) is 34.5 Å². The molecule has 0 saturated heterocycles. The van der Waals surface area contributed by atoms with Gasteiger partial charge in [-0.2, -0.15) is 0 Å². The van der Waals surface area contributed by atoms with E-state index in [1.807, 2.05) is 11.1 Å². The van der Waals surface area contributed by atoms with E-state index in [1.165, 1.54) is 89.0 Å². The highest BCUT2D eigenvalue weighted by molar-refractivity contribution is 5.56. The molecule has 0 heterocycles. The van der Waals surface area contributed by atoms with Crippen molar-refractivity contribution in [1.82, 2.24) is 0 Å². The number of aliphatic hydroxyl groups is 1. The lowest BCUT2D eigenvalue weighted by atomic mass is 9.49. The standard InChI is InChI=1S/C36H52O/c1-6-9-10-11-29-17-19-33-31-18-16-28-23-36(8-3,21-7-2)22-20-30(28)34(31)32(24-35(29,33)5)27-14-12-26(13-15-27)25(4)37/h6,12-15,28-29,31-33,37H,1,4,7-11,16-24H2,2-3,5H3. The molecule has 0 spiro atoms. The monoisotopic (exact) mass is 500 g/mol. The number of aliphatic hydroxyl groups excluding tert-OH is 1. The summed E-state index contributed by atoms with van der Waals surface area (Å²) in [4.78, 5) is 0. The Balaban J connectivity index is 1.54. The Labute approximate surface area is 227 Å². The number of benzene rings is 1. The fraction of sp³-hybridized carbons (Fsp3) is 0.667. The van der Waals surface area contributed by atoms with Gasteiger partial charge < -0.3 is 5.11 Å². The first kappa shape index (κ1) is 26.8. The normalized spacial score (nSPS) is 37.0. The highest BCUT2D eigenvalue weighted by atomic mass is 16.3. The van der Waals surface area contributed by atoms with E-state index in [4.69, 9.17) is 0 Å². The predicted molar refractivity (Wildman–Crippen MR) is 159 cm³/mol. The lowest BCUT2D eigenvalue weighted by Gasteiger charge is -2.55. The molecule has 0 aromatic heterocycles. The SMILES string of the molecule is C=CCCCC1CCC2C3CCC4CC(CC)(CCC)CCC4=C3C(c3ccc(C(=C)O)cc3)CC12C. The van der Waals surface area contributed by atoms with Crippen LogP contribution in [-0.2, 0) is 0 Å². The third-order valence-corrected chi connectivity index (χ3v) is 11.9. The van der Waals surface area contributed by atoms with Gasteiger partial charge in [0.25, 0.3) is 0 Å². The molecule has 37 heavy (non-hydrogen) atoms. The highest BCUT2D eigenvalue weighted by Gasteiger charge is 2.56. The van der Waals surface area contributed by atoms with E-state index >= 15 is 0 Å². The summed E-state index contributed by atoms with van der Waals surface area (Å²) in [5.41, 5.74) is 7.15. The van der Waals surface area contributed by atoms with Crippen LogP contribution in [0.15, 0.2) is 54.6 Å². The molecule has 3 fully saturated rings. The van der Waals surface area contributed by atoms with Crippen LogP contribution in [0.5, 0.6) is 0 Å². The van der Waals surface area contributed by atoms with Crippen molar-refractivity contribution in [1.29, 1.82) is 0 Å². The van der Waals surface area contributed by atoms with Crippen LogP contribution in [0, 0.1) is 34.5 Å². The molecule has 0 radical (unpaired) electrons. The molecule has 3 saturated carbocycles. The minimum Gasteiger partial charge on any atom is -0.508 e. The second-order valence-corrected chi connectivity index (χ2v) is 13.6. The number of hydrogen-bond acceptors (Lipinski definition) is 1. The van der Waals surface area contributed by atoms with E-state index in [1.54, 1.807) is 0 Å². The van der Waals surface area contributed by atoms with E-state index in [9.17, 15) is 5.11 Å². The van der Waals surface area contributed by atoms with Gasteiger partial charge in [0.15, 0.2) is 0 Å². The van der Waals surface area contributed by atoms with Gasteiger partial charge in [-0.3, -0.25) is 0 Å². The quantitative estimate of drug-likeness (QED) is 0.203. The third kappa shape index (κ3) is 4.79. The van der Waals surface area contributed by atoms with E-state index in [0.717, 1.165) is 35.7 Å². The fourth-order valence-electron chi connectivity index (χ4n) is 10.00. The maximum Gasteiger partial charge on any atom is 0.115 e. The zero-order valence-corrected chi connectivity index (χ0v) is 24.0. The lowest BCUT2D eigenvalue weighted by Crippen LogP contribution is -2.45. The average Bonchev–Trinajstić information content (AvgIpc) is 3.24. The van der Waals surface area contributed by atoms with Gasteiger partial charge in [0.2, 0.25) is 0 Å². The van der Waals surface area contributed by atoms with E-state index in [0.29, 0.717) is 16.7 Å². The Morgan fingerprint density at radius 2 is 1.86 bits per heavy atom. The zero-order chi connectivity index (χ0) is 26.2. The summed E-state index contributed by atoms with van der Waals surface area (Å²) < 4.78 is 0. The van der Waals surface area contributed by atoms with Gasteiger partial charge in [-0.1, -0.05) is 81.7 Å². The van der Waals surface area contributed by atoms with Crippen molar-refractivity contribution >= 4 is 5.76 Å². The van der Waals surface area contributed by atoms with Crippen LogP contribution < -0.4 is 0 Å². The molecule has 1 heteroatoms. The average molecular weight is 501 g/mol. The van der Waals surface area contributed by atoms with Crippen molar-refractivity contribution < 1.29 is 5.11 Å². The van der Waals surface area contributed by atoms with Crippen LogP contribution in [-0.4, -0.2) is 5.11 Å². The molecule has 7 unspecified atom stereocenters. The number of hydrogen-bond donors (Lipinski definition) is 1. The summed E-state index contributed by atoms with van der Waals surface area (Å²) in [5.74, 6) is 4.05. The second-order valence-electron chi connectivity index (χ2n) is 13.6. The maximum atomic E-state index is 9.97. The summed E-state index contributed by atoms with van der Waals surface area (Å²) in [5, 5.41) is 9.97. The Kier molecular flexibility index (Phi) is 7.82. The van der Waals surface area contributed by atoms with Crippen molar-refractivity contribution in [3.05, 3.63) is 65.8 Å². The highest BCUT2D eigenvalue weighted by Crippen LogP contribution is 2.67. The first-order valence-corrected chi connectivity index (χ1v) is 15.7. The Morgan fingerprint density at radius 1 is 1.08 bits per heavy atom. The van der Waals surface area contributed by atoms with E-state index in [-0.39, 0.29) is 5.76 Å². The third-order valence-electron chi connectivity index (χ3n) is 11.9. The van der Waals surface area contributed by atoms with Gasteiger partial charge in [0.1, 0.15) is 5.76 Å². The summed E-state index contributed by atoms with van der Waals surface area (Å²) in [6, 6.07) is 8.84. The van der Waals surface area contributed by atoms with Crippen molar-refractivity contribution in [2.45, 2.75) is 117 Å². The van der Waals surface area contributed by atoms with Gasteiger partial charge in [-0.15, -0.1) is 6.58 Å². The van der Waals surface area contributed by atoms with Gasteiger partial charge in [-0.05, 0) is 117 Å². The molecule has 0 aliphatic heterocycles. The van der Waals surface area contributed by atoms with Crippen LogP contribution in [0.25, 0.3) is 5.76 Å². The Bertz CT molecular complexity index is 1010. The molecule has 1 aromatic carbocycles.